The molecule has 0 aliphatic rings. The number of allylic oxidation sites excluding steroid dienone is 2. The van der Waals surface area contributed by atoms with E-state index in [2.05, 4.69) is 35.1 Å². The highest BCUT2D eigenvalue weighted by molar-refractivity contribution is 5.70. The van der Waals surface area contributed by atoms with Crippen molar-refractivity contribution in [3.63, 3.8) is 0 Å². The quantitative estimate of drug-likeness (QED) is 0.132. The third-order valence-electron chi connectivity index (χ3n) is 6.71. The highest BCUT2D eigenvalue weighted by Crippen LogP contribution is 2.39. The molecule has 0 radical (unpaired) electrons. The molecule has 9 heteroatoms. The van der Waals surface area contributed by atoms with Crippen LogP contribution < -0.4 is 0 Å². The van der Waals surface area contributed by atoms with Gasteiger partial charge in [-0.2, -0.15) is 8.78 Å². The summed E-state index contributed by atoms with van der Waals surface area (Å²) < 4.78 is 110. The zero-order valence-electron chi connectivity index (χ0n) is 22.4. The second-order valence-corrected chi connectivity index (χ2v) is 9.69. The summed E-state index contributed by atoms with van der Waals surface area (Å²) in [5.41, 5.74) is 2.60. The first kappa shape index (κ1) is 31.0. The van der Waals surface area contributed by atoms with Gasteiger partial charge in [-0.25, -0.2) is 17.9 Å². The first-order chi connectivity index (χ1) is 19.9. The second-order valence-electron chi connectivity index (χ2n) is 9.69. The highest BCUT2D eigenvalue weighted by Gasteiger charge is 2.49. The summed E-state index contributed by atoms with van der Waals surface area (Å²) in [4.78, 5) is 0. The molecular formula is C33H26F8O. The van der Waals surface area contributed by atoms with Crippen LogP contribution in [0.3, 0.4) is 0 Å². The number of alkyl halides is 5. The number of benzene rings is 4. The lowest BCUT2D eigenvalue weighted by molar-refractivity contribution is -0.432. The highest BCUT2D eigenvalue weighted by atomic mass is 19.4. The minimum atomic E-state index is -5.81. The lowest BCUT2D eigenvalue weighted by Crippen LogP contribution is -2.29. The SMILES string of the molecule is C/C=C/CCc1ccc(-c2ccc(-c3ccc(CCc4cc(F)c(C(F)(F)OC(F)(F)F)c(F)c4)c(F)c3)cc2)cc1. The first-order valence-corrected chi connectivity index (χ1v) is 13.1. The van der Waals surface area contributed by atoms with Crippen LogP contribution in [-0.4, -0.2) is 6.36 Å². The molecule has 0 unspecified atom stereocenters. The predicted molar refractivity (Wildman–Crippen MR) is 145 cm³/mol. The number of hydrogen-bond acceptors (Lipinski definition) is 1. The second kappa shape index (κ2) is 12.9. The Hall–Kier alpha value is -3.98. The van der Waals surface area contributed by atoms with Crippen LogP contribution in [0.1, 0.15) is 35.6 Å². The summed E-state index contributed by atoms with van der Waals surface area (Å²) in [6.45, 7) is 1.99. The van der Waals surface area contributed by atoms with Crippen LogP contribution in [0.4, 0.5) is 35.1 Å². The molecule has 42 heavy (non-hydrogen) atoms. The van der Waals surface area contributed by atoms with E-state index in [4.69, 9.17) is 0 Å². The van der Waals surface area contributed by atoms with Crippen LogP contribution in [0.5, 0.6) is 0 Å². The lowest BCUT2D eigenvalue weighted by Gasteiger charge is -2.20. The molecule has 0 saturated carbocycles. The Morgan fingerprint density at radius 2 is 1.12 bits per heavy atom. The van der Waals surface area contributed by atoms with Gasteiger partial charge in [-0.15, -0.1) is 13.2 Å². The van der Waals surface area contributed by atoms with Gasteiger partial charge in [0.15, 0.2) is 0 Å². The van der Waals surface area contributed by atoms with Gasteiger partial charge in [0.05, 0.1) is 0 Å². The van der Waals surface area contributed by atoms with Crippen molar-refractivity contribution in [2.45, 2.75) is 45.1 Å². The molecule has 0 heterocycles. The maximum absolute atomic E-state index is 14.9. The van der Waals surface area contributed by atoms with Gasteiger partial charge >= 0.3 is 12.5 Å². The van der Waals surface area contributed by atoms with Crippen molar-refractivity contribution in [3.05, 3.63) is 131 Å². The summed E-state index contributed by atoms with van der Waals surface area (Å²) in [6, 6.07) is 21.4. The lowest BCUT2D eigenvalue weighted by atomic mass is 9.97. The molecule has 0 saturated heterocycles. The zero-order chi connectivity index (χ0) is 30.5. The molecule has 4 rings (SSSR count). The molecule has 0 atom stereocenters. The third-order valence-corrected chi connectivity index (χ3v) is 6.71. The summed E-state index contributed by atoms with van der Waals surface area (Å²) in [6.07, 6.45) is -5.17. The molecule has 4 aromatic carbocycles. The van der Waals surface area contributed by atoms with Gasteiger partial charge in [0.1, 0.15) is 23.0 Å². The number of halogens is 8. The molecule has 0 fully saturated rings. The fraction of sp³-hybridized carbons (Fsp3) is 0.212. The molecule has 0 aliphatic heterocycles. The fourth-order valence-electron chi connectivity index (χ4n) is 4.59. The minimum absolute atomic E-state index is 0.0382. The van der Waals surface area contributed by atoms with E-state index in [9.17, 15) is 35.1 Å². The summed E-state index contributed by atoms with van der Waals surface area (Å²) >= 11 is 0. The molecule has 0 spiro atoms. The Morgan fingerprint density at radius 1 is 0.595 bits per heavy atom. The maximum Gasteiger partial charge on any atom is 0.527 e. The number of ether oxygens (including phenoxy) is 1. The van der Waals surface area contributed by atoms with E-state index < -0.39 is 35.5 Å². The average molecular weight is 591 g/mol. The van der Waals surface area contributed by atoms with E-state index in [1.165, 1.54) is 17.7 Å². The van der Waals surface area contributed by atoms with Gasteiger partial charge in [-0.05, 0) is 89.8 Å². The number of rotatable bonds is 10. The molecule has 0 aliphatic carbocycles. The molecule has 0 N–H and O–H groups in total. The average Bonchev–Trinajstić information content (AvgIpc) is 2.91. The van der Waals surface area contributed by atoms with E-state index in [0.29, 0.717) is 17.7 Å². The van der Waals surface area contributed by atoms with Gasteiger partial charge in [0.2, 0.25) is 0 Å². The van der Waals surface area contributed by atoms with Gasteiger partial charge < -0.3 is 0 Å². The fourth-order valence-corrected chi connectivity index (χ4v) is 4.59. The van der Waals surface area contributed by atoms with Gasteiger partial charge in [0, 0.05) is 0 Å². The normalized spacial score (nSPS) is 12.3. The van der Waals surface area contributed by atoms with E-state index in [0.717, 1.165) is 29.5 Å². The molecule has 1 nitrogen and oxygen atoms in total. The Labute approximate surface area is 238 Å². The van der Waals surface area contributed by atoms with E-state index in [-0.39, 0.29) is 24.0 Å². The molecule has 0 amide bonds. The number of aryl methyl sites for hydroxylation is 3. The van der Waals surface area contributed by atoms with E-state index >= 15 is 0 Å². The summed E-state index contributed by atoms with van der Waals surface area (Å²) in [5.74, 6) is -4.38. The maximum atomic E-state index is 14.9. The first-order valence-electron chi connectivity index (χ1n) is 13.1. The predicted octanol–water partition coefficient (Wildman–Crippen LogP) is 10.3. The van der Waals surface area contributed by atoms with Crippen molar-refractivity contribution < 1.29 is 39.9 Å². The van der Waals surface area contributed by atoms with Crippen LogP contribution in [-0.2, 0) is 30.1 Å². The van der Waals surface area contributed by atoms with Crippen molar-refractivity contribution >= 4 is 0 Å². The van der Waals surface area contributed by atoms with Crippen LogP contribution in [0.25, 0.3) is 22.3 Å². The van der Waals surface area contributed by atoms with Crippen LogP contribution in [0.2, 0.25) is 0 Å². The van der Waals surface area contributed by atoms with Crippen molar-refractivity contribution in [2.75, 3.05) is 0 Å². The monoisotopic (exact) mass is 590 g/mol. The molecule has 220 valence electrons. The standard InChI is InChI=1S/C33H26F8O/c1-2-3-4-5-21-6-9-23(10-7-21)24-12-14-25(15-13-24)27-17-16-26(28(34)20-27)11-8-22-18-29(35)31(30(36)19-22)32(37,38)42-33(39,40)41/h2-3,6-7,9-10,12-20H,4-5,8,11H2,1H3/b3-2+. The van der Waals surface area contributed by atoms with E-state index in [1.807, 2.05) is 37.3 Å². The van der Waals surface area contributed by atoms with Crippen molar-refractivity contribution in [3.8, 4) is 22.3 Å². The van der Waals surface area contributed by atoms with Gasteiger partial charge in [-0.1, -0.05) is 72.8 Å². The van der Waals surface area contributed by atoms with Crippen molar-refractivity contribution in [1.82, 2.24) is 0 Å². The molecule has 4 aromatic rings. The molecule has 0 bridgehead atoms. The Bertz CT molecular complexity index is 1520. The third kappa shape index (κ3) is 7.85. The van der Waals surface area contributed by atoms with Crippen molar-refractivity contribution in [2.24, 2.45) is 0 Å². The summed E-state index contributed by atoms with van der Waals surface area (Å²) in [5, 5.41) is 0. The molecular weight excluding hydrogens is 564 g/mol. The smallest absolute Gasteiger partial charge is 0.222 e. The number of hydrogen-bond donors (Lipinski definition) is 0. The largest absolute Gasteiger partial charge is 0.527 e. The van der Waals surface area contributed by atoms with E-state index in [1.54, 1.807) is 6.07 Å². The van der Waals surface area contributed by atoms with Gasteiger partial charge in [0.25, 0.3) is 0 Å². The van der Waals surface area contributed by atoms with Gasteiger partial charge in [-0.3, -0.25) is 0 Å². The Balaban J connectivity index is 1.42. The summed E-state index contributed by atoms with van der Waals surface area (Å²) in [7, 11) is 0. The minimum Gasteiger partial charge on any atom is -0.222 e. The molecule has 0 aromatic heterocycles. The zero-order valence-corrected chi connectivity index (χ0v) is 22.4. The Morgan fingerprint density at radius 3 is 1.64 bits per heavy atom. The van der Waals surface area contributed by atoms with Crippen LogP contribution >= 0.6 is 0 Å². The van der Waals surface area contributed by atoms with Crippen molar-refractivity contribution in [1.29, 1.82) is 0 Å². The topological polar surface area (TPSA) is 9.23 Å². The Kier molecular flexibility index (Phi) is 9.51. The van der Waals surface area contributed by atoms with Crippen LogP contribution in [0, 0.1) is 17.5 Å². The van der Waals surface area contributed by atoms with Crippen LogP contribution in [0.15, 0.2) is 91.0 Å².